The number of benzene rings is 1. The van der Waals surface area contributed by atoms with Gasteiger partial charge in [-0.15, -0.1) is 11.3 Å². The Morgan fingerprint density at radius 3 is 2.41 bits per heavy atom. The minimum atomic E-state index is -3.34. The lowest BCUT2D eigenvalue weighted by atomic mass is 10.0. The first-order valence-electron chi connectivity index (χ1n) is 8.87. The fraction of sp³-hybridized carbons (Fsp3) is 0.389. The van der Waals surface area contributed by atoms with E-state index < -0.39 is 22.2 Å². The summed E-state index contributed by atoms with van der Waals surface area (Å²) in [7, 11) is -3.34. The van der Waals surface area contributed by atoms with Crippen LogP contribution in [-0.2, 0) is 19.6 Å². The van der Waals surface area contributed by atoms with Crippen molar-refractivity contribution in [1.29, 1.82) is 0 Å². The van der Waals surface area contributed by atoms with Crippen LogP contribution in [0.4, 0.5) is 15.6 Å². The highest BCUT2D eigenvalue weighted by Crippen LogP contribution is 2.26. The van der Waals surface area contributed by atoms with Gasteiger partial charge in [0.05, 0.1) is 18.6 Å². The standard InChI is InChI=1S/C18H24N4O5S2/c1-5-27-18(24)20-15(11(2)3)16(23)21-17-19-14(10-28-17)12-6-8-13(9-7-12)22-29(4,25)26/h6-11,15,22H,5H2,1-4H3,(H,20,24)(H,19,21,23). The molecule has 1 atom stereocenters. The number of hydrogen-bond acceptors (Lipinski definition) is 7. The third kappa shape index (κ3) is 7.02. The van der Waals surface area contributed by atoms with Crippen LogP contribution in [0.2, 0.25) is 0 Å². The molecule has 0 saturated heterocycles. The van der Waals surface area contributed by atoms with Gasteiger partial charge in [-0.3, -0.25) is 9.52 Å². The molecule has 11 heteroatoms. The Labute approximate surface area is 173 Å². The maximum absolute atomic E-state index is 12.5. The highest BCUT2D eigenvalue weighted by Gasteiger charge is 2.25. The van der Waals surface area contributed by atoms with Crippen molar-refractivity contribution in [1.82, 2.24) is 10.3 Å². The monoisotopic (exact) mass is 440 g/mol. The summed E-state index contributed by atoms with van der Waals surface area (Å²) >= 11 is 1.25. The molecule has 0 saturated carbocycles. The number of alkyl carbamates (subject to hydrolysis) is 1. The summed E-state index contributed by atoms with van der Waals surface area (Å²) < 4.78 is 29.8. The number of amides is 2. The fourth-order valence-corrected chi connectivity index (χ4v) is 3.69. The van der Waals surface area contributed by atoms with Crippen LogP contribution in [0, 0.1) is 5.92 Å². The first-order valence-corrected chi connectivity index (χ1v) is 11.6. The number of nitrogens with zero attached hydrogens (tertiary/aromatic N) is 1. The molecule has 1 heterocycles. The van der Waals surface area contributed by atoms with Crippen LogP contribution < -0.4 is 15.4 Å². The molecule has 2 aromatic rings. The van der Waals surface area contributed by atoms with Gasteiger partial charge in [-0.05, 0) is 25.0 Å². The lowest BCUT2D eigenvalue weighted by Gasteiger charge is -2.20. The molecule has 9 nitrogen and oxygen atoms in total. The first kappa shape index (κ1) is 22.6. The maximum atomic E-state index is 12.5. The largest absolute Gasteiger partial charge is 0.450 e. The number of anilines is 2. The van der Waals surface area contributed by atoms with Crippen LogP contribution in [0.1, 0.15) is 20.8 Å². The number of sulfonamides is 1. The second-order valence-corrected chi connectivity index (χ2v) is 9.17. The number of carbonyl (C=O) groups is 2. The number of carbonyl (C=O) groups excluding carboxylic acids is 2. The smallest absolute Gasteiger partial charge is 0.407 e. The number of hydrogen-bond donors (Lipinski definition) is 3. The van der Waals surface area contributed by atoms with Gasteiger partial charge in [0.2, 0.25) is 15.9 Å². The van der Waals surface area contributed by atoms with Gasteiger partial charge in [-0.25, -0.2) is 18.2 Å². The SMILES string of the molecule is CCOC(=O)NC(C(=O)Nc1nc(-c2ccc(NS(C)(=O)=O)cc2)cs1)C(C)C. The average Bonchev–Trinajstić information content (AvgIpc) is 3.07. The van der Waals surface area contributed by atoms with Crippen molar-refractivity contribution in [2.75, 3.05) is 22.9 Å². The lowest BCUT2D eigenvalue weighted by Crippen LogP contribution is -2.47. The Morgan fingerprint density at radius 2 is 1.86 bits per heavy atom. The van der Waals surface area contributed by atoms with Gasteiger partial charge >= 0.3 is 6.09 Å². The van der Waals surface area contributed by atoms with E-state index in [-0.39, 0.29) is 18.4 Å². The normalized spacial score (nSPS) is 12.3. The molecule has 1 aromatic heterocycles. The zero-order valence-corrected chi connectivity index (χ0v) is 18.2. The molecule has 29 heavy (non-hydrogen) atoms. The van der Waals surface area contributed by atoms with E-state index in [9.17, 15) is 18.0 Å². The van der Waals surface area contributed by atoms with E-state index in [2.05, 4.69) is 20.3 Å². The molecule has 3 N–H and O–H groups in total. The molecular weight excluding hydrogens is 416 g/mol. The van der Waals surface area contributed by atoms with Crippen LogP contribution in [0.25, 0.3) is 11.3 Å². The molecule has 0 fully saturated rings. The lowest BCUT2D eigenvalue weighted by molar-refractivity contribution is -0.119. The van der Waals surface area contributed by atoms with E-state index >= 15 is 0 Å². The number of ether oxygens (including phenoxy) is 1. The fourth-order valence-electron chi connectivity index (χ4n) is 2.40. The molecular formula is C18H24N4O5S2. The molecule has 0 aliphatic carbocycles. The van der Waals surface area contributed by atoms with Gasteiger partial charge in [-0.1, -0.05) is 26.0 Å². The van der Waals surface area contributed by atoms with Gasteiger partial charge < -0.3 is 15.4 Å². The number of thiazole rings is 1. The summed E-state index contributed by atoms with van der Waals surface area (Å²) in [6.07, 6.45) is 0.432. The summed E-state index contributed by atoms with van der Waals surface area (Å²) in [5.74, 6) is -0.532. The summed E-state index contributed by atoms with van der Waals surface area (Å²) in [6, 6.07) is 5.96. The maximum Gasteiger partial charge on any atom is 0.407 e. The summed E-state index contributed by atoms with van der Waals surface area (Å²) in [4.78, 5) is 28.6. The topological polar surface area (TPSA) is 126 Å². The second kappa shape index (κ2) is 9.70. The van der Waals surface area contributed by atoms with Crippen molar-refractivity contribution in [3.05, 3.63) is 29.6 Å². The molecule has 1 unspecified atom stereocenters. The Kier molecular flexibility index (Phi) is 7.57. The van der Waals surface area contributed by atoms with Gasteiger partial charge in [0.25, 0.3) is 0 Å². The third-order valence-corrected chi connectivity index (χ3v) is 5.08. The first-order chi connectivity index (χ1) is 13.6. The summed E-state index contributed by atoms with van der Waals surface area (Å²) in [6.45, 7) is 5.53. The highest BCUT2D eigenvalue weighted by molar-refractivity contribution is 7.92. The van der Waals surface area contributed by atoms with Gasteiger partial charge in [0.15, 0.2) is 5.13 Å². The molecule has 0 spiro atoms. The third-order valence-electron chi connectivity index (χ3n) is 3.72. The molecule has 2 amide bonds. The number of aromatic nitrogens is 1. The van der Waals surface area contributed by atoms with E-state index in [4.69, 9.17) is 4.74 Å². The van der Waals surface area contributed by atoms with Crippen LogP contribution in [-0.4, -0.2) is 44.3 Å². The van der Waals surface area contributed by atoms with Gasteiger partial charge in [0.1, 0.15) is 6.04 Å². The summed E-state index contributed by atoms with van der Waals surface area (Å²) in [5, 5.41) is 7.42. The molecule has 2 rings (SSSR count). The van der Waals surface area contributed by atoms with E-state index in [1.165, 1.54) is 11.3 Å². The van der Waals surface area contributed by atoms with Crippen LogP contribution in [0.5, 0.6) is 0 Å². The zero-order valence-electron chi connectivity index (χ0n) is 16.6. The molecule has 0 aliphatic rings. The minimum Gasteiger partial charge on any atom is -0.450 e. The van der Waals surface area contributed by atoms with Crippen molar-refractivity contribution in [2.45, 2.75) is 26.8 Å². The van der Waals surface area contributed by atoms with Crippen molar-refractivity contribution in [2.24, 2.45) is 5.92 Å². The van der Waals surface area contributed by atoms with Crippen molar-refractivity contribution in [3.8, 4) is 11.3 Å². The predicted molar refractivity (Wildman–Crippen MR) is 113 cm³/mol. The predicted octanol–water partition coefficient (Wildman–Crippen LogP) is 2.89. The van der Waals surface area contributed by atoms with Gasteiger partial charge in [-0.2, -0.15) is 0 Å². The highest BCUT2D eigenvalue weighted by atomic mass is 32.2. The molecule has 0 aliphatic heterocycles. The van der Waals surface area contributed by atoms with Crippen molar-refractivity contribution in [3.63, 3.8) is 0 Å². The Hall–Kier alpha value is -2.66. The zero-order chi connectivity index (χ0) is 21.6. The van der Waals surface area contributed by atoms with Crippen LogP contribution in [0.15, 0.2) is 29.6 Å². The van der Waals surface area contributed by atoms with Crippen LogP contribution >= 0.6 is 11.3 Å². The minimum absolute atomic E-state index is 0.145. The number of nitrogens with one attached hydrogen (secondary N) is 3. The van der Waals surface area contributed by atoms with E-state index in [0.29, 0.717) is 16.5 Å². The molecule has 158 valence electrons. The van der Waals surface area contributed by atoms with Crippen molar-refractivity contribution < 1.29 is 22.7 Å². The Bertz CT molecular complexity index is 955. The Balaban J connectivity index is 2.07. The van der Waals surface area contributed by atoms with E-state index in [0.717, 1.165) is 11.8 Å². The average molecular weight is 441 g/mol. The molecule has 1 aromatic carbocycles. The Morgan fingerprint density at radius 1 is 1.21 bits per heavy atom. The van der Waals surface area contributed by atoms with Crippen LogP contribution in [0.3, 0.4) is 0 Å². The molecule has 0 bridgehead atoms. The van der Waals surface area contributed by atoms with E-state index in [1.54, 1.807) is 36.6 Å². The summed E-state index contributed by atoms with van der Waals surface area (Å²) in [5.41, 5.74) is 1.85. The number of rotatable bonds is 8. The quantitative estimate of drug-likeness (QED) is 0.579. The van der Waals surface area contributed by atoms with Gasteiger partial charge in [0, 0.05) is 16.6 Å². The second-order valence-electron chi connectivity index (χ2n) is 6.57. The van der Waals surface area contributed by atoms with Crippen molar-refractivity contribution >= 4 is 44.2 Å². The molecule has 0 radical (unpaired) electrons. The van der Waals surface area contributed by atoms with E-state index in [1.807, 2.05) is 13.8 Å².